The zero-order chi connectivity index (χ0) is 35.8. The summed E-state index contributed by atoms with van der Waals surface area (Å²) in [5, 5.41) is 3.83. The van der Waals surface area contributed by atoms with Crippen molar-refractivity contribution in [1.82, 2.24) is 19.8 Å². The molecule has 1 aliphatic heterocycles. The summed E-state index contributed by atoms with van der Waals surface area (Å²) < 4.78 is 23.6. The molecule has 0 saturated carbocycles. The number of hydrogen-bond donors (Lipinski definition) is 1. The Morgan fingerprint density at radius 2 is 1.62 bits per heavy atom. The molecule has 0 radical (unpaired) electrons. The number of anilines is 3. The predicted octanol–water partition coefficient (Wildman–Crippen LogP) is 7.35. The smallest absolute Gasteiger partial charge is 0.421 e. The summed E-state index contributed by atoms with van der Waals surface area (Å²) >= 11 is 6.36. The van der Waals surface area contributed by atoms with Crippen LogP contribution in [-0.4, -0.2) is 86.5 Å². The summed E-state index contributed by atoms with van der Waals surface area (Å²) in [7, 11) is 5.32. The van der Waals surface area contributed by atoms with E-state index >= 15 is 0 Å². The fourth-order valence-corrected chi connectivity index (χ4v) is 6.22. The molecule has 0 atom stereocenters. The number of amides is 1. The molecule has 1 amide bonds. The van der Waals surface area contributed by atoms with Crippen LogP contribution < -0.4 is 29.2 Å². The highest BCUT2D eigenvalue weighted by molar-refractivity contribution is 6.30. The van der Waals surface area contributed by atoms with Crippen molar-refractivity contribution >= 4 is 35.1 Å². The van der Waals surface area contributed by atoms with Gasteiger partial charge in [0.1, 0.15) is 11.6 Å². The van der Waals surface area contributed by atoms with Gasteiger partial charge in [-0.3, -0.25) is 4.90 Å². The van der Waals surface area contributed by atoms with Crippen LogP contribution >= 0.6 is 11.6 Å². The first kappa shape index (κ1) is 36.7. The Kier molecular flexibility index (Phi) is 12.4. The maximum Gasteiger partial charge on any atom is 0.421 e. The molecule has 2 heterocycles. The number of carbonyl (C=O) groups is 1. The minimum atomic E-state index is -0.581. The maximum atomic E-state index is 13.9. The number of benzene rings is 3. The second-order valence-corrected chi connectivity index (χ2v) is 13.1. The summed E-state index contributed by atoms with van der Waals surface area (Å²) in [6, 6.07) is 14.9. The van der Waals surface area contributed by atoms with Crippen LogP contribution in [0.4, 0.5) is 22.2 Å². The molecule has 50 heavy (non-hydrogen) atoms. The second-order valence-electron chi connectivity index (χ2n) is 12.7. The number of rotatable bonds is 13. The van der Waals surface area contributed by atoms with Crippen molar-refractivity contribution in [3.05, 3.63) is 87.6 Å². The van der Waals surface area contributed by atoms with E-state index in [1.54, 1.807) is 32.5 Å². The van der Waals surface area contributed by atoms with Crippen LogP contribution in [0.25, 0.3) is 0 Å². The van der Waals surface area contributed by atoms with E-state index in [-0.39, 0.29) is 12.5 Å². The summed E-state index contributed by atoms with van der Waals surface area (Å²) in [4.78, 5) is 29.4. The van der Waals surface area contributed by atoms with Gasteiger partial charge >= 0.3 is 6.09 Å². The predicted molar refractivity (Wildman–Crippen MR) is 198 cm³/mol. The Labute approximate surface area is 300 Å². The molecule has 1 N–H and O–H groups in total. The molecule has 266 valence electrons. The van der Waals surface area contributed by atoms with E-state index in [1.165, 1.54) is 4.90 Å². The molecule has 12 heteroatoms. The molecule has 3 aromatic carbocycles. The summed E-state index contributed by atoms with van der Waals surface area (Å²) in [6.45, 7) is 13.8. The van der Waals surface area contributed by atoms with Gasteiger partial charge in [0.25, 0.3) is 0 Å². The van der Waals surface area contributed by atoms with Crippen molar-refractivity contribution in [3.63, 3.8) is 0 Å². The third kappa shape index (κ3) is 9.35. The number of carbonyl (C=O) groups excluding carboxylic acids is 1. The van der Waals surface area contributed by atoms with E-state index in [1.807, 2.05) is 64.1 Å². The van der Waals surface area contributed by atoms with Gasteiger partial charge in [-0.25, -0.2) is 9.78 Å². The lowest BCUT2D eigenvalue weighted by Gasteiger charge is -2.32. The minimum absolute atomic E-state index is 0.175. The third-order valence-corrected chi connectivity index (χ3v) is 8.98. The Balaban J connectivity index is 1.38. The van der Waals surface area contributed by atoms with Gasteiger partial charge in [-0.2, -0.15) is 4.98 Å². The molecule has 0 spiro atoms. The average molecular weight is 703 g/mol. The SMILES string of the molecule is COc1cc(Nc2nccc(N(Cc3cc(Cl)ccc3C)C(=O)Oc3c(C)cc(C)cc3C)n2)cc(OCCCN2CCN(C)CC2)c1OC. The molecule has 1 saturated heterocycles. The van der Waals surface area contributed by atoms with Gasteiger partial charge in [-0.05, 0) is 81.6 Å². The molecule has 0 unspecified atom stereocenters. The van der Waals surface area contributed by atoms with Crippen LogP contribution in [0.15, 0.2) is 54.7 Å². The van der Waals surface area contributed by atoms with E-state index in [4.69, 9.17) is 35.5 Å². The Morgan fingerprint density at radius 1 is 0.900 bits per heavy atom. The summed E-state index contributed by atoms with van der Waals surface area (Å²) in [5.74, 6) is 2.65. The first-order chi connectivity index (χ1) is 24.0. The highest BCUT2D eigenvalue weighted by atomic mass is 35.5. The van der Waals surface area contributed by atoms with Gasteiger partial charge in [0.05, 0.1) is 27.4 Å². The molecule has 11 nitrogen and oxygen atoms in total. The van der Waals surface area contributed by atoms with E-state index in [0.29, 0.717) is 46.1 Å². The van der Waals surface area contributed by atoms with Crippen molar-refractivity contribution in [2.75, 3.05) is 70.8 Å². The largest absolute Gasteiger partial charge is 0.493 e. The standard InChI is InChI=1S/C38H47ClN6O5/c1-25-19-27(3)35(28(4)20-25)50-38(46)45(24-29-21-30(39)10-9-26(29)2)34-11-12-40-37(42-34)41-31-22-32(47-6)36(48-7)33(23-31)49-18-8-13-44-16-14-43(5)15-17-44/h9-12,19-23H,8,13-18,24H2,1-7H3,(H,40,41,42). The number of likely N-dealkylation sites (N-methyl/N-ethyl adjacent to an activating group) is 1. The number of nitrogens with one attached hydrogen (secondary N) is 1. The lowest BCUT2D eigenvalue weighted by Crippen LogP contribution is -2.44. The van der Waals surface area contributed by atoms with Gasteiger partial charge in [-0.15, -0.1) is 0 Å². The number of aryl methyl sites for hydroxylation is 4. The molecule has 5 rings (SSSR count). The number of aromatic nitrogens is 2. The van der Waals surface area contributed by atoms with Crippen LogP contribution in [0.1, 0.15) is 34.2 Å². The normalized spacial score (nSPS) is 13.5. The summed E-state index contributed by atoms with van der Waals surface area (Å²) in [6.07, 6.45) is 1.88. The summed E-state index contributed by atoms with van der Waals surface area (Å²) in [5.41, 5.74) is 5.28. The molecule has 1 fully saturated rings. The monoisotopic (exact) mass is 702 g/mol. The van der Waals surface area contributed by atoms with Crippen molar-refractivity contribution in [1.29, 1.82) is 0 Å². The number of halogens is 1. The fraction of sp³-hybridized carbons (Fsp3) is 0.395. The van der Waals surface area contributed by atoms with Gasteiger partial charge in [0.15, 0.2) is 11.5 Å². The van der Waals surface area contributed by atoms with Crippen LogP contribution in [-0.2, 0) is 6.54 Å². The molecule has 0 bridgehead atoms. The Bertz CT molecular complexity index is 1770. The maximum absolute atomic E-state index is 13.9. The van der Waals surface area contributed by atoms with Gasteiger partial charge in [-0.1, -0.05) is 35.4 Å². The van der Waals surface area contributed by atoms with Crippen LogP contribution in [0.2, 0.25) is 5.02 Å². The Morgan fingerprint density at radius 3 is 2.32 bits per heavy atom. The van der Waals surface area contributed by atoms with Gasteiger partial charge in [0.2, 0.25) is 11.7 Å². The fourth-order valence-electron chi connectivity index (χ4n) is 6.03. The third-order valence-electron chi connectivity index (χ3n) is 8.74. The lowest BCUT2D eigenvalue weighted by molar-refractivity contribution is 0.145. The van der Waals surface area contributed by atoms with Crippen LogP contribution in [0.5, 0.6) is 23.0 Å². The second kappa shape index (κ2) is 16.9. The van der Waals surface area contributed by atoms with Crippen molar-refractivity contribution in [3.8, 4) is 23.0 Å². The lowest BCUT2D eigenvalue weighted by atomic mass is 10.1. The van der Waals surface area contributed by atoms with Gasteiger partial charge < -0.3 is 34.1 Å². The zero-order valence-corrected chi connectivity index (χ0v) is 30.8. The highest BCUT2D eigenvalue weighted by Crippen LogP contribution is 2.41. The number of methoxy groups -OCH3 is 2. The molecule has 1 aromatic heterocycles. The zero-order valence-electron chi connectivity index (χ0n) is 30.0. The first-order valence-corrected chi connectivity index (χ1v) is 17.1. The van der Waals surface area contributed by atoms with E-state index < -0.39 is 6.09 Å². The van der Waals surface area contributed by atoms with E-state index in [0.717, 1.165) is 67.0 Å². The average Bonchev–Trinajstić information content (AvgIpc) is 3.09. The van der Waals surface area contributed by atoms with Crippen molar-refractivity contribution < 1.29 is 23.7 Å². The van der Waals surface area contributed by atoms with Crippen molar-refractivity contribution in [2.45, 2.75) is 40.7 Å². The number of hydrogen-bond acceptors (Lipinski definition) is 10. The topological polar surface area (TPSA) is 102 Å². The van der Waals surface area contributed by atoms with Crippen LogP contribution in [0, 0.1) is 27.7 Å². The van der Waals surface area contributed by atoms with E-state index in [2.05, 4.69) is 27.1 Å². The first-order valence-electron chi connectivity index (χ1n) is 16.8. The minimum Gasteiger partial charge on any atom is -0.493 e. The quantitative estimate of drug-likeness (QED) is 0.142. The van der Waals surface area contributed by atoms with E-state index in [9.17, 15) is 4.79 Å². The molecule has 4 aromatic rings. The van der Waals surface area contributed by atoms with Gasteiger partial charge in [0, 0.05) is 61.8 Å². The number of ether oxygens (including phenoxy) is 4. The molecule has 1 aliphatic rings. The molecular formula is C38H47ClN6O5. The molecular weight excluding hydrogens is 656 g/mol. The molecule has 0 aliphatic carbocycles. The number of piperazine rings is 1. The van der Waals surface area contributed by atoms with Crippen molar-refractivity contribution in [2.24, 2.45) is 0 Å². The highest BCUT2D eigenvalue weighted by Gasteiger charge is 2.24. The number of nitrogens with zero attached hydrogens (tertiary/aromatic N) is 5. The Hall–Kier alpha value is -4.58. The van der Waals surface area contributed by atoms with Crippen LogP contribution in [0.3, 0.4) is 0 Å².